The van der Waals surface area contributed by atoms with Gasteiger partial charge in [-0.2, -0.15) is 0 Å². The predicted molar refractivity (Wildman–Crippen MR) is 52.4 cm³/mol. The second-order valence-electron chi connectivity index (χ2n) is 3.66. The van der Waals surface area contributed by atoms with Gasteiger partial charge >= 0.3 is 0 Å². The molecule has 1 unspecified atom stereocenters. The van der Waals surface area contributed by atoms with Crippen LogP contribution in [-0.4, -0.2) is 22.9 Å². The van der Waals surface area contributed by atoms with Crippen molar-refractivity contribution < 1.29 is 14.9 Å². The van der Waals surface area contributed by atoms with E-state index >= 15 is 0 Å². The molecule has 14 heavy (non-hydrogen) atoms. The van der Waals surface area contributed by atoms with E-state index < -0.39 is 0 Å². The molecular formula is C11H14O3. The first-order valence-electron chi connectivity index (χ1n) is 4.88. The lowest BCUT2D eigenvalue weighted by Gasteiger charge is -2.09. The zero-order valence-corrected chi connectivity index (χ0v) is 7.94. The fourth-order valence-corrected chi connectivity index (χ4v) is 1.76. The van der Waals surface area contributed by atoms with Crippen molar-refractivity contribution in [2.24, 2.45) is 0 Å². The van der Waals surface area contributed by atoms with Crippen LogP contribution in [0.15, 0.2) is 18.2 Å². The number of hydrogen-bond acceptors (Lipinski definition) is 3. The first-order valence-corrected chi connectivity index (χ1v) is 4.88. The van der Waals surface area contributed by atoms with Crippen LogP contribution in [0, 0.1) is 0 Å². The Bertz CT molecular complexity index is 316. The maximum Gasteiger partial charge on any atom is 0.157 e. The van der Waals surface area contributed by atoms with Crippen LogP contribution in [-0.2, 0) is 11.2 Å². The molecule has 1 aromatic carbocycles. The second-order valence-corrected chi connectivity index (χ2v) is 3.66. The van der Waals surface area contributed by atoms with E-state index in [2.05, 4.69) is 0 Å². The molecule has 0 amide bonds. The summed E-state index contributed by atoms with van der Waals surface area (Å²) in [5, 5.41) is 18.4. The van der Waals surface area contributed by atoms with Crippen LogP contribution in [0.4, 0.5) is 0 Å². The van der Waals surface area contributed by atoms with E-state index in [1.54, 1.807) is 6.07 Å². The maximum atomic E-state index is 9.28. The molecule has 3 nitrogen and oxygen atoms in total. The third-order valence-corrected chi connectivity index (χ3v) is 2.53. The molecule has 2 N–H and O–H groups in total. The first kappa shape index (κ1) is 9.34. The van der Waals surface area contributed by atoms with Crippen molar-refractivity contribution in [2.45, 2.75) is 25.4 Å². The summed E-state index contributed by atoms with van der Waals surface area (Å²) in [4.78, 5) is 0. The van der Waals surface area contributed by atoms with Crippen LogP contribution in [0.25, 0.3) is 0 Å². The standard InChI is InChI=1S/C11H14O3/c12-10-4-3-8(7-11(10)13)6-9-2-1-5-14-9/h3-4,7,9,12-13H,1-2,5-6H2. The lowest BCUT2D eigenvalue weighted by atomic mass is 10.1. The SMILES string of the molecule is Oc1ccc(CC2CCCO2)cc1O. The summed E-state index contributed by atoms with van der Waals surface area (Å²) < 4.78 is 5.48. The fourth-order valence-electron chi connectivity index (χ4n) is 1.76. The van der Waals surface area contributed by atoms with Crippen LogP contribution in [0.5, 0.6) is 11.5 Å². The first-order chi connectivity index (χ1) is 6.75. The van der Waals surface area contributed by atoms with Gasteiger partial charge in [-0.3, -0.25) is 0 Å². The summed E-state index contributed by atoms with van der Waals surface area (Å²) in [6.07, 6.45) is 3.29. The molecule has 3 heteroatoms. The molecule has 1 heterocycles. The van der Waals surface area contributed by atoms with E-state index in [0.717, 1.165) is 31.4 Å². The number of aromatic hydroxyl groups is 2. The molecule has 0 aromatic heterocycles. The van der Waals surface area contributed by atoms with Gasteiger partial charge in [-0.25, -0.2) is 0 Å². The minimum Gasteiger partial charge on any atom is -0.504 e. The lowest BCUT2D eigenvalue weighted by Crippen LogP contribution is -2.08. The Kier molecular flexibility index (Phi) is 2.59. The molecule has 1 atom stereocenters. The molecular weight excluding hydrogens is 180 g/mol. The zero-order valence-electron chi connectivity index (χ0n) is 7.94. The van der Waals surface area contributed by atoms with Crippen molar-refractivity contribution in [3.05, 3.63) is 23.8 Å². The van der Waals surface area contributed by atoms with Crippen molar-refractivity contribution >= 4 is 0 Å². The highest BCUT2D eigenvalue weighted by molar-refractivity contribution is 5.40. The fraction of sp³-hybridized carbons (Fsp3) is 0.455. The van der Waals surface area contributed by atoms with Crippen LogP contribution in [0.2, 0.25) is 0 Å². The van der Waals surface area contributed by atoms with E-state index in [4.69, 9.17) is 9.84 Å². The Morgan fingerprint density at radius 1 is 1.29 bits per heavy atom. The molecule has 1 aliphatic heterocycles. The van der Waals surface area contributed by atoms with Crippen LogP contribution >= 0.6 is 0 Å². The van der Waals surface area contributed by atoms with Crippen LogP contribution < -0.4 is 0 Å². The van der Waals surface area contributed by atoms with Crippen LogP contribution in [0.1, 0.15) is 18.4 Å². The van der Waals surface area contributed by atoms with E-state index in [1.807, 2.05) is 6.07 Å². The average molecular weight is 194 g/mol. The highest BCUT2D eigenvalue weighted by Gasteiger charge is 2.16. The lowest BCUT2D eigenvalue weighted by molar-refractivity contribution is 0.111. The predicted octanol–water partition coefficient (Wildman–Crippen LogP) is 1.82. The molecule has 0 bridgehead atoms. The number of phenols is 2. The molecule has 0 radical (unpaired) electrons. The Hall–Kier alpha value is -1.22. The quantitative estimate of drug-likeness (QED) is 0.706. The highest BCUT2D eigenvalue weighted by Crippen LogP contribution is 2.26. The summed E-state index contributed by atoms with van der Waals surface area (Å²) in [5.41, 5.74) is 1.01. The van der Waals surface area contributed by atoms with Crippen molar-refractivity contribution in [1.29, 1.82) is 0 Å². The third-order valence-electron chi connectivity index (χ3n) is 2.53. The molecule has 1 fully saturated rings. The molecule has 76 valence electrons. The topological polar surface area (TPSA) is 49.7 Å². The van der Waals surface area contributed by atoms with Gasteiger partial charge < -0.3 is 14.9 Å². The Morgan fingerprint density at radius 3 is 2.79 bits per heavy atom. The molecule has 2 rings (SSSR count). The molecule has 0 saturated carbocycles. The number of benzene rings is 1. The van der Waals surface area contributed by atoms with Crippen LogP contribution in [0.3, 0.4) is 0 Å². The summed E-state index contributed by atoms with van der Waals surface area (Å²) in [6.45, 7) is 0.842. The van der Waals surface area contributed by atoms with Gasteiger partial charge in [0.2, 0.25) is 0 Å². The monoisotopic (exact) mass is 194 g/mol. The van der Waals surface area contributed by atoms with E-state index in [9.17, 15) is 5.11 Å². The van der Waals surface area contributed by atoms with Gasteiger partial charge in [0, 0.05) is 6.61 Å². The van der Waals surface area contributed by atoms with Gasteiger partial charge in [-0.1, -0.05) is 6.07 Å². The highest BCUT2D eigenvalue weighted by atomic mass is 16.5. The number of rotatable bonds is 2. The number of phenolic OH excluding ortho intramolecular Hbond substituents is 2. The smallest absolute Gasteiger partial charge is 0.157 e. The summed E-state index contributed by atoms with van der Waals surface area (Å²) >= 11 is 0. The molecule has 1 aliphatic rings. The van der Waals surface area contributed by atoms with E-state index in [-0.39, 0.29) is 17.6 Å². The van der Waals surface area contributed by atoms with E-state index in [1.165, 1.54) is 6.07 Å². The second kappa shape index (κ2) is 3.88. The van der Waals surface area contributed by atoms with Crippen molar-refractivity contribution in [3.63, 3.8) is 0 Å². The van der Waals surface area contributed by atoms with Gasteiger partial charge in [-0.05, 0) is 37.0 Å². The summed E-state index contributed by atoms with van der Waals surface area (Å²) in [5.74, 6) is -0.124. The largest absolute Gasteiger partial charge is 0.504 e. The Labute approximate surface area is 83.0 Å². The van der Waals surface area contributed by atoms with Gasteiger partial charge in [-0.15, -0.1) is 0 Å². The maximum absolute atomic E-state index is 9.28. The number of hydrogen-bond donors (Lipinski definition) is 2. The minimum atomic E-state index is -0.0684. The molecule has 0 spiro atoms. The zero-order chi connectivity index (χ0) is 9.97. The summed E-state index contributed by atoms with van der Waals surface area (Å²) in [6, 6.07) is 4.92. The van der Waals surface area contributed by atoms with Gasteiger partial charge in [0.25, 0.3) is 0 Å². The van der Waals surface area contributed by atoms with Gasteiger partial charge in [0.15, 0.2) is 11.5 Å². The number of ether oxygens (including phenoxy) is 1. The van der Waals surface area contributed by atoms with Crippen molar-refractivity contribution in [1.82, 2.24) is 0 Å². The van der Waals surface area contributed by atoms with Crippen molar-refractivity contribution in [2.75, 3.05) is 6.61 Å². The average Bonchev–Trinajstić information content (AvgIpc) is 2.64. The summed E-state index contributed by atoms with van der Waals surface area (Å²) in [7, 11) is 0. The van der Waals surface area contributed by atoms with E-state index in [0.29, 0.717) is 0 Å². The van der Waals surface area contributed by atoms with Gasteiger partial charge in [0.05, 0.1) is 6.10 Å². The molecule has 1 saturated heterocycles. The Morgan fingerprint density at radius 2 is 2.14 bits per heavy atom. The third kappa shape index (κ3) is 1.99. The Balaban J connectivity index is 2.05. The minimum absolute atomic E-state index is 0.0551. The van der Waals surface area contributed by atoms with Gasteiger partial charge in [0.1, 0.15) is 0 Å². The van der Waals surface area contributed by atoms with Crippen molar-refractivity contribution in [3.8, 4) is 11.5 Å². The molecule has 1 aromatic rings. The normalized spacial score (nSPS) is 21.3. The molecule has 0 aliphatic carbocycles.